The second-order valence-electron chi connectivity index (χ2n) is 4.19. The van der Waals surface area contributed by atoms with Gasteiger partial charge in [-0.1, -0.05) is 5.21 Å². The lowest BCUT2D eigenvalue weighted by molar-refractivity contribution is -0.197. The van der Waals surface area contributed by atoms with Gasteiger partial charge in [0.25, 0.3) is 0 Å². The van der Waals surface area contributed by atoms with Gasteiger partial charge in [-0.25, -0.2) is 4.68 Å². The van der Waals surface area contributed by atoms with Crippen molar-refractivity contribution in [2.24, 2.45) is 12.5 Å². The lowest BCUT2D eigenvalue weighted by Gasteiger charge is -2.28. The number of hydrogen-bond donors (Lipinski definition) is 1. The van der Waals surface area contributed by atoms with Crippen molar-refractivity contribution in [3.05, 3.63) is 10.3 Å². The number of aryl methyl sites for hydroxylation is 1. The number of aromatic nitrogens is 3. The van der Waals surface area contributed by atoms with E-state index in [1.165, 1.54) is 7.05 Å². The Bertz CT molecular complexity index is 459. The zero-order valence-corrected chi connectivity index (χ0v) is 11.0. The first-order chi connectivity index (χ1) is 8.29. The van der Waals surface area contributed by atoms with Gasteiger partial charge in [-0.15, -0.1) is 5.10 Å². The van der Waals surface area contributed by atoms with Gasteiger partial charge in [0, 0.05) is 13.6 Å². The summed E-state index contributed by atoms with van der Waals surface area (Å²) in [6.07, 6.45) is -4.87. The van der Waals surface area contributed by atoms with E-state index in [4.69, 9.17) is 0 Å². The first-order valence-corrected chi connectivity index (χ1v) is 5.96. The molecule has 0 aliphatic carbocycles. The van der Waals surface area contributed by atoms with Gasteiger partial charge in [0.15, 0.2) is 10.4 Å². The molecule has 0 spiro atoms. The van der Waals surface area contributed by atoms with E-state index in [2.05, 4.69) is 31.6 Å². The van der Waals surface area contributed by atoms with Crippen LogP contribution in [0.1, 0.15) is 16.9 Å². The summed E-state index contributed by atoms with van der Waals surface area (Å²) < 4.78 is 40.7. The Balaban J connectivity index is 2.49. The smallest absolute Gasteiger partial charge is 0.315 e. The van der Waals surface area contributed by atoms with Crippen molar-refractivity contribution >= 4 is 21.7 Å². The summed E-state index contributed by atoms with van der Waals surface area (Å²) in [4.78, 5) is 12.2. The van der Waals surface area contributed by atoms with E-state index in [1.807, 2.05) is 0 Å². The molecule has 2 rings (SSSR count). The fourth-order valence-electron chi connectivity index (χ4n) is 2.06. The third-order valence-corrected chi connectivity index (χ3v) is 3.67. The van der Waals surface area contributed by atoms with Gasteiger partial charge in [-0.3, -0.25) is 4.79 Å². The molecule has 0 saturated carbocycles. The van der Waals surface area contributed by atoms with Crippen LogP contribution in [0.25, 0.3) is 0 Å². The molecule has 0 radical (unpaired) electrons. The number of Topliss-reactive ketones (excluding diaryl/α,β-unsaturated/α-hetero) is 1. The Labute approximate surface area is 109 Å². The molecule has 0 amide bonds. The maximum Gasteiger partial charge on any atom is 0.403 e. The summed E-state index contributed by atoms with van der Waals surface area (Å²) in [6.45, 7) is -0.249. The lowest BCUT2D eigenvalue weighted by Crippen LogP contribution is -2.47. The highest BCUT2D eigenvalue weighted by molar-refractivity contribution is 9.10. The van der Waals surface area contributed by atoms with Gasteiger partial charge in [0.05, 0.1) is 0 Å². The maximum atomic E-state index is 13.2. The minimum Gasteiger partial charge on any atom is -0.315 e. The molecule has 1 saturated heterocycles. The summed E-state index contributed by atoms with van der Waals surface area (Å²) >= 11 is 2.95. The molecule has 1 unspecified atom stereocenters. The average molecular weight is 327 g/mol. The fraction of sp³-hybridized carbons (Fsp3) is 0.667. The molecule has 1 N–H and O–H groups in total. The van der Waals surface area contributed by atoms with E-state index in [0.717, 1.165) is 4.68 Å². The zero-order valence-electron chi connectivity index (χ0n) is 9.38. The highest BCUT2D eigenvalue weighted by atomic mass is 79.9. The number of carbonyl (C=O) groups is 1. The Hall–Kier alpha value is -0.960. The minimum atomic E-state index is -4.60. The maximum absolute atomic E-state index is 13.2. The first kappa shape index (κ1) is 13.5. The van der Waals surface area contributed by atoms with Gasteiger partial charge < -0.3 is 5.32 Å². The third kappa shape index (κ3) is 1.85. The SMILES string of the molecule is Cn1nnc(Br)c1C(=O)C1(C(F)(F)F)CCNC1. The Morgan fingerprint density at radius 3 is 2.61 bits per heavy atom. The van der Waals surface area contributed by atoms with Crippen molar-refractivity contribution in [1.82, 2.24) is 20.3 Å². The molecule has 1 aliphatic heterocycles. The number of alkyl halides is 3. The molecule has 9 heteroatoms. The molecule has 1 aliphatic rings. The van der Waals surface area contributed by atoms with Crippen LogP contribution >= 0.6 is 15.9 Å². The summed E-state index contributed by atoms with van der Waals surface area (Å²) in [6, 6.07) is 0. The lowest BCUT2D eigenvalue weighted by atomic mass is 9.80. The van der Waals surface area contributed by atoms with Crippen molar-refractivity contribution in [3.63, 3.8) is 0 Å². The molecule has 1 fully saturated rings. The van der Waals surface area contributed by atoms with Crippen molar-refractivity contribution in [2.75, 3.05) is 13.1 Å². The number of hydrogen-bond acceptors (Lipinski definition) is 4. The molecule has 100 valence electrons. The van der Waals surface area contributed by atoms with E-state index in [1.54, 1.807) is 0 Å². The first-order valence-electron chi connectivity index (χ1n) is 5.17. The van der Waals surface area contributed by atoms with Crippen LogP contribution in [0.5, 0.6) is 0 Å². The van der Waals surface area contributed by atoms with Crippen molar-refractivity contribution in [2.45, 2.75) is 12.6 Å². The molecule has 1 aromatic rings. The van der Waals surface area contributed by atoms with Crippen molar-refractivity contribution in [3.8, 4) is 0 Å². The number of nitrogens with one attached hydrogen (secondary N) is 1. The van der Waals surface area contributed by atoms with Gasteiger partial charge in [0.1, 0.15) is 11.1 Å². The molecular weight excluding hydrogens is 317 g/mol. The molecule has 0 bridgehead atoms. The Morgan fingerprint density at radius 2 is 2.22 bits per heavy atom. The Morgan fingerprint density at radius 1 is 1.56 bits per heavy atom. The van der Waals surface area contributed by atoms with Crippen LogP contribution in [0.2, 0.25) is 0 Å². The van der Waals surface area contributed by atoms with Gasteiger partial charge in [0.2, 0.25) is 0 Å². The van der Waals surface area contributed by atoms with E-state index >= 15 is 0 Å². The van der Waals surface area contributed by atoms with Crippen molar-refractivity contribution < 1.29 is 18.0 Å². The largest absolute Gasteiger partial charge is 0.403 e. The quantitative estimate of drug-likeness (QED) is 0.832. The highest BCUT2D eigenvalue weighted by Crippen LogP contribution is 2.45. The van der Waals surface area contributed by atoms with Crippen LogP contribution in [0.15, 0.2) is 4.60 Å². The summed E-state index contributed by atoms with van der Waals surface area (Å²) in [7, 11) is 1.39. The normalized spacial score (nSPS) is 24.5. The number of rotatable bonds is 2. The van der Waals surface area contributed by atoms with Crippen molar-refractivity contribution in [1.29, 1.82) is 0 Å². The summed E-state index contributed by atoms with van der Waals surface area (Å²) in [5.41, 5.74) is -2.54. The van der Waals surface area contributed by atoms with Gasteiger partial charge in [-0.2, -0.15) is 13.2 Å². The predicted octanol–water partition coefficient (Wildman–Crippen LogP) is 1.30. The zero-order chi connectivity index (χ0) is 13.6. The monoisotopic (exact) mass is 326 g/mol. The van der Waals surface area contributed by atoms with Gasteiger partial charge in [-0.05, 0) is 28.9 Å². The average Bonchev–Trinajstić information content (AvgIpc) is 2.85. The predicted molar refractivity (Wildman–Crippen MR) is 59.0 cm³/mol. The van der Waals surface area contributed by atoms with Crippen LogP contribution < -0.4 is 5.32 Å². The topological polar surface area (TPSA) is 59.8 Å². The number of carbonyl (C=O) groups excluding carboxylic acids is 1. The van der Waals surface area contributed by atoms with Gasteiger partial charge >= 0.3 is 6.18 Å². The van der Waals surface area contributed by atoms with E-state index in [9.17, 15) is 18.0 Å². The van der Waals surface area contributed by atoms with E-state index in [0.29, 0.717) is 0 Å². The highest BCUT2D eigenvalue weighted by Gasteiger charge is 2.62. The van der Waals surface area contributed by atoms with Crippen LogP contribution in [0.4, 0.5) is 13.2 Å². The van der Waals surface area contributed by atoms with Crippen LogP contribution in [-0.2, 0) is 7.05 Å². The third-order valence-electron chi connectivity index (χ3n) is 3.13. The molecular formula is C9H10BrF3N4O. The summed E-state index contributed by atoms with van der Waals surface area (Å²) in [5, 5.41) is 9.67. The van der Waals surface area contributed by atoms with Crippen LogP contribution in [0, 0.1) is 5.41 Å². The Kier molecular flexibility index (Phi) is 3.22. The molecule has 18 heavy (non-hydrogen) atoms. The molecule has 5 nitrogen and oxygen atoms in total. The molecule has 1 aromatic heterocycles. The molecule has 2 heterocycles. The van der Waals surface area contributed by atoms with E-state index in [-0.39, 0.29) is 23.3 Å². The van der Waals surface area contributed by atoms with Crippen LogP contribution in [-0.4, -0.2) is 40.0 Å². The minimum absolute atomic E-state index is 0.0329. The summed E-state index contributed by atoms with van der Waals surface area (Å²) in [5.74, 6) is -1.00. The number of ketones is 1. The van der Waals surface area contributed by atoms with E-state index < -0.39 is 23.9 Å². The second kappa shape index (κ2) is 4.30. The second-order valence-corrected chi connectivity index (χ2v) is 4.94. The number of nitrogens with zero attached hydrogens (tertiary/aromatic N) is 3. The van der Waals surface area contributed by atoms with Crippen LogP contribution in [0.3, 0.4) is 0 Å². The molecule has 0 aromatic carbocycles. The fourth-order valence-corrected chi connectivity index (χ4v) is 2.56. The number of halogens is 4. The standard InChI is InChI=1S/C9H10BrF3N4O/c1-17-5(7(10)15-16-17)6(18)8(9(11,12)13)2-3-14-4-8/h14H,2-4H2,1H3. The molecule has 1 atom stereocenters.